The summed E-state index contributed by atoms with van der Waals surface area (Å²) in [6.07, 6.45) is 0. The molecule has 0 saturated heterocycles. The smallest absolute Gasteiger partial charge is 0.141 e. The van der Waals surface area contributed by atoms with Gasteiger partial charge in [0.15, 0.2) is 0 Å². The number of methoxy groups -OCH3 is 1. The first-order valence-corrected chi connectivity index (χ1v) is 5.38. The molecule has 2 aromatic rings. The zero-order valence-corrected chi connectivity index (χ0v) is 9.96. The van der Waals surface area contributed by atoms with Gasteiger partial charge in [-0.1, -0.05) is 17.7 Å². The van der Waals surface area contributed by atoms with Crippen molar-refractivity contribution < 1.29 is 9.13 Å². The van der Waals surface area contributed by atoms with E-state index < -0.39 is 0 Å². The fraction of sp³-hybridized carbons (Fsp3) is 0.0769. The lowest BCUT2D eigenvalue weighted by Gasteiger charge is -2.08. The fourth-order valence-electron chi connectivity index (χ4n) is 1.63. The zero-order valence-electron chi connectivity index (χ0n) is 9.21. The summed E-state index contributed by atoms with van der Waals surface area (Å²) < 4.78 is 18.7. The van der Waals surface area contributed by atoms with Crippen LogP contribution in [0.15, 0.2) is 36.4 Å². The lowest BCUT2D eigenvalue weighted by atomic mass is 10.0. The van der Waals surface area contributed by atoms with Crippen molar-refractivity contribution in [3.8, 4) is 16.9 Å². The predicted molar refractivity (Wildman–Crippen MR) is 67.8 cm³/mol. The molecular weight excluding hydrogens is 241 g/mol. The van der Waals surface area contributed by atoms with E-state index in [1.165, 1.54) is 13.2 Å². The van der Waals surface area contributed by atoms with E-state index in [0.29, 0.717) is 27.6 Å². The van der Waals surface area contributed by atoms with Gasteiger partial charge in [-0.3, -0.25) is 0 Å². The Morgan fingerprint density at radius 2 is 1.94 bits per heavy atom. The molecule has 4 heteroatoms. The molecule has 17 heavy (non-hydrogen) atoms. The number of nitrogen functional groups attached to an aromatic ring is 1. The van der Waals surface area contributed by atoms with E-state index in [2.05, 4.69) is 0 Å². The highest BCUT2D eigenvalue weighted by atomic mass is 35.5. The second-order valence-corrected chi connectivity index (χ2v) is 4.02. The summed E-state index contributed by atoms with van der Waals surface area (Å²) in [6.45, 7) is 0. The first-order valence-electron chi connectivity index (χ1n) is 5.01. The second-order valence-electron chi connectivity index (χ2n) is 3.58. The number of halogens is 2. The normalized spacial score (nSPS) is 10.3. The Kier molecular flexibility index (Phi) is 3.20. The molecule has 0 aliphatic carbocycles. The van der Waals surface area contributed by atoms with Crippen LogP contribution in [-0.2, 0) is 0 Å². The van der Waals surface area contributed by atoms with Gasteiger partial charge in [0.05, 0.1) is 12.8 Å². The second kappa shape index (κ2) is 4.63. The van der Waals surface area contributed by atoms with E-state index in [1.54, 1.807) is 30.3 Å². The maximum Gasteiger partial charge on any atom is 0.141 e. The molecule has 0 bridgehead atoms. The van der Waals surface area contributed by atoms with Crippen LogP contribution in [0.2, 0.25) is 5.02 Å². The summed E-state index contributed by atoms with van der Waals surface area (Å²) in [7, 11) is 1.54. The maximum absolute atomic E-state index is 13.7. The van der Waals surface area contributed by atoms with Crippen LogP contribution < -0.4 is 10.5 Å². The van der Waals surface area contributed by atoms with Crippen molar-refractivity contribution in [2.24, 2.45) is 0 Å². The SMILES string of the molecule is COc1ccc(-c2ccc(Cl)cc2F)cc1N. The molecule has 0 amide bonds. The minimum absolute atomic E-state index is 0.368. The van der Waals surface area contributed by atoms with E-state index in [0.717, 1.165) is 0 Å². The number of ether oxygens (including phenoxy) is 1. The lowest BCUT2D eigenvalue weighted by Crippen LogP contribution is -1.93. The molecule has 0 atom stereocenters. The van der Waals surface area contributed by atoms with E-state index in [-0.39, 0.29) is 5.82 Å². The van der Waals surface area contributed by atoms with Crippen LogP contribution in [0.3, 0.4) is 0 Å². The third-order valence-corrected chi connectivity index (χ3v) is 2.71. The third kappa shape index (κ3) is 2.34. The molecule has 0 radical (unpaired) electrons. The molecule has 2 aromatic carbocycles. The van der Waals surface area contributed by atoms with Gasteiger partial charge in [0.1, 0.15) is 11.6 Å². The number of hydrogen-bond acceptors (Lipinski definition) is 2. The molecule has 0 heterocycles. The summed E-state index contributed by atoms with van der Waals surface area (Å²) in [4.78, 5) is 0. The summed E-state index contributed by atoms with van der Waals surface area (Å²) in [5.41, 5.74) is 7.40. The summed E-state index contributed by atoms with van der Waals surface area (Å²) in [5, 5.41) is 0.368. The predicted octanol–water partition coefficient (Wildman–Crippen LogP) is 3.74. The largest absolute Gasteiger partial charge is 0.495 e. The first-order chi connectivity index (χ1) is 8.11. The standard InChI is InChI=1S/C13H11ClFNO/c1-17-13-5-2-8(6-12(13)16)10-4-3-9(14)7-11(10)15/h2-7H,16H2,1H3. The zero-order chi connectivity index (χ0) is 12.4. The molecule has 88 valence electrons. The van der Waals surface area contributed by atoms with Gasteiger partial charge in [-0.25, -0.2) is 4.39 Å². The van der Waals surface area contributed by atoms with Gasteiger partial charge in [0.25, 0.3) is 0 Å². The van der Waals surface area contributed by atoms with Crippen LogP contribution in [0.25, 0.3) is 11.1 Å². The molecule has 0 saturated carbocycles. The van der Waals surface area contributed by atoms with Crippen LogP contribution in [-0.4, -0.2) is 7.11 Å². The highest BCUT2D eigenvalue weighted by molar-refractivity contribution is 6.30. The molecule has 2 rings (SSSR count). The molecule has 0 aromatic heterocycles. The van der Waals surface area contributed by atoms with E-state index in [4.69, 9.17) is 22.1 Å². The Labute approximate surface area is 104 Å². The number of hydrogen-bond donors (Lipinski definition) is 1. The number of benzene rings is 2. The van der Waals surface area contributed by atoms with Gasteiger partial charge in [-0.2, -0.15) is 0 Å². The molecule has 2 nitrogen and oxygen atoms in total. The monoisotopic (exact) mass is 251 g/mol. The molecule has 0 spiro atoms. The summed E-state index contributed by atoms with van der Waals surface area (Å²) in [5.74, 6) is 0.199. The summed E-state index contributed by atoms with van der Waals surface area (Å²) >= 11 is 5.70. The Morgan fingerprint density at radius 1 is 1.18 bits per heavy atom. The van der Waals surface area contributed by atoms with Crippen LogP contribution in [0.5, 0.6) is 5.75 Å². The molecule has 0 aliphatic rings. The van der Waals surface area contributed by atoms with Crippen LogP contribution in [0.1, 0.15) is 0 Å². The van der Waals surface area contributed by atoms with Gasteiger partial charge in [-0.05, 0) is 35.9 Å². The molecule has 0 aliphatic heterocycles. The molecule has 0 fully saturated rings. The number of nitrogens with two attached hydrogens (primary N) is 1. The first kappa shape index (κ1) is 11.7. The van der Waals surface area contributed by atoms with Crippen molar-refractivity contribution in [1.82, 2.24) is 0 Å². The van der Waals surface area contributed by atoms with E-state index >= 15 is 0 Å². The average molecular weight is 252 g/mol. The van der Waals surface area contributed by atoms with Gasteiger partial charge in [0, 0.05) is 10.6 Å². The van der Waals surface area contributed by atoms with Crippen molar-refractivity contribution in [1.29, 1.82) is 0 Å². The van der Waals surface area contributed by atoms with Crippen molar-refractivity contribution in [2.75, 3.05) is 12.8 Å². The van der Waals surface area contributed by atoms with Gasteiger partial charge >= 0.3 is 0 Å². The molecule has 2 N–H and O–H groups in total. The Balaban J connectivity index is 2.50. The Hall–Kier alpha value is -1.74. The van der Waals surface area contributed by atoms with E-state index in [1.807, 2.05) is 0 Å². The third-order valence-electron chi connectivity index (χ3n) is 2.47. The highest BCUT2D eigenvalue weighted by Crippen LogP contribution is 2.30. The lowest BCUT2D eigenvalue weighted by molar-refractivity contribution is 0.417. The van der Waals surface area contributed by atoms with Crippen LogP contribution in [0.4, 0.5) is 10.1 Å². The van der Waals surface area contributed by atoms with Gasteiger partial charge < -0.3 is 10.5 Å². The fourth-order valence-corrected chi connectivity index (χ4v) is 1.78. The molecule has 0 unspecified atom stereocenters. The van der Waals surface area contributed by atoms with Crippen molar-refractivity contribution in [3.05, 3.63) is 47.2 Å². The summed E-state index contributed by atoms with van der Waals surface area (Å²) in [6, 6.07) is 9.67. The van der Waals surface area contributed by atoms with Crippen LogP contribution in [0, 0.1) is 5.82 Å². The number of anilines is 1. The highest BCUT2D eigenvalue weighted by Gasteiger charge is 2.08. The van der Waals surface area contributed by atoms with Crippen molar-refractivity contribution in [3.63, 3.8) is 0 Å². The molecular formula is C13H11ClFNO. The van der Waals surface area contributed by atoms with Gasteiger partial charge in [-0.15, -0.1) is 0 Å². The van der Waals surface area contributed by atoms with Gasteiger partial charge in [0.2, 0.25) is 0 Å². The van der Waals surface area contributed by atoms with Crippen LogP contribution >= 0.6 is 11.6 Å². The van der Waals surface area contributed by atoms with E-state index in [9.17, 15) is 4.39 Å². The Bertz CT molecular complexity index is 557. The van der Waals surface area contributed by atoms with Crippen molar-refractivity contribution >= 4 is 17.3 Å². The van der Waals surface area contributed by atoms with Crippen molar-refractivity contribution in [2.45, 2.75) is 0 Å². The minimum Gasteiger partial charge on any atom is -0.495 e. The Morgan fingerprint density at radius 3 is 2.53 bits per heavy atom. The average Bonchev–Trinajstić information content (AvgIpc) is 2.29. The number of rotatable bonds is 2. The minimum atomic E-state index is -0.373. The topological polar surface area (TPSA) is 35.2 Å². The maximum atomic E-state index is 13.7. The quantitative estimate of drug-likeness (QED) is 0.826.